The molecule has 168 valence electrons. The van der Waals surface area contributed by atoms with Gasteiger partial charge in [-0.15, -0.1) is 0 Å². The Bertz CT molecular complexity index is 489. The second-order valence-electron chi connectivity index (χ2n) is 8.81. The molecule has 1 aliphatic carbocycles. The van der Waals surface area contributed by atoms with E-state index >= 15 is 0 Å². The predicted molar refractivity (Wildman–Crippen MR) is 127 cm³/mol. The topological polar surface area (TPSA) is 44.2 Å². The first kappa shape index (κ1) is 26.3. The van der Waals surface area contributed by atoms with E-state index < -0.39 is 15.0 Å². The third-order valence-electron chi connectivity index (χ3n) is 5.52. The molecule has 0 heterocycles. The van der Waals surface area contributed by atoms with Crippen molar-refractivity contribution in [3.05, 3.63) is 0 Å². The lowest BCUT2D eigenvalue weighted by Crippen LogP contribution is -2.36. The van der Waals surface area contributed by atoms with Crippen LogP contribution in [-0.2, 0) is 0 Å². The Hall–Kier alpha value is 0.220. The third kappa shape index (κ3) is 5.09. The van der Waals surface area contributed by atoms with Crippen LogP contribution in [0.15, 0.2) is 9.49 Å². The first-order valence-electron chi connectivity index (χ1n) is 10.1. The first-order valence-corrected chi connectivity index (χ1v) is 13.3. The number of nitrogens with zero attached hydrogens (tertiary/aromatic N) is 8. The summed E-state index contributed by atoms with van der Waals surface area (Å²) in [6, 6.07) is 0.516. The van der Waals surface area contributed by atoms with E-state index in [1.165, 1.54) is 12.8 Å². The van der Waals surface area contributed by atoms with Gasteiger partial charge in [-0.05, 0) is 97.4 Å². The SMILES string of the molecule is CN(C)P(=N[C@@H]1CCCC[C@H]1N=P(N(C)C)(N(C)C)N(C)C)(N(C)C)N(C)C. The molecule has 0 aromatic carbocycles. The van der Waals surface area contributed by atoms with Crippen LogP contribution in [0.2, 0.25) is 0 Å². The molecule has 10 heteroatoms. The number of rotatable bonds is 8. The summed E-state index contributed by atoms with van der Waals surface area (Å²) in [4.78, 5) is 0. The zero-order chi connectivity index (χ0) is 21.9. The Morgan fingerprint density at radius 1 is 0.464 bits per heavy atom. The van der Waals surface area contributed by atoms with Crippen molar-refractivity contribution < 1.29 is 0 Å². The maximum Gasteiger partial charge on any atom is 0.166 e. The van der Waals surface area contributed by atoms with Crippen molar-refractivity contribution in [1.82, 2.24) is 28.0 Å². The molecule has 0 unspecified atom stereocenters. The van der Waals surface area contributed by atoms with Gasteiger partial charge in [-0.3, -0.25) is 37.5 Å². The lowest BCUT2D eigenvalue weighted by Gasteiger charge is -2.45. The van der Waals surface area contributed by atoms with Crippen LogP contribution >= 0.6 is 15.0 Å². The maximum absolute atomic E-state index is 5.57. The highest BCUT2D eigenvalue weighted by atomic mass is 31.2. The van der Waals surface area contributed by atoms with Gasteiger partial charge in [0.1, 0.15) is 0 Å². The van der Waals surface area contributed by atoms with Crippen LogP contribution in [0.25, 0.3) is 0 Å². The molecular weight excluding hydrogens is 390 g/mol. The Labute approximate surface area is 175 Å². The van der Waals surface area contributed by atoms with Crippen molar-refractivity contribution in [1.29, 1.82) is 0 Å². The smallest absolute Gasteiger partial charge is 0.166 e. The van der Waals surface area contributed by atoms with E-state index in [-0.39, 0.29) is 12.1 Å². The molecule has 1 saturated carbocycles. The number of hydrogen-bond acceptors (Lipinski definition) is 2. The predicted octanol–water partition coefficient (Wildman–Crippen LogP) is 3.56. The van der Waals surface area contributed by atoms with Crippen molar-refractivity contribution in [3.8, 4) is 0 Å². The Morgan fingerprint density at radius 3 is 0.857 bits per heavy atom. The molecule has 28 heavy (non-hydrogen) atoms. The standard InChI is InChI=1S/C18H46N8P2/c1-21(2)27(22(3)4,23(5)6)19-17-15-13-14-16-18(17)20-28(24(7)8,25(9)10)26(11)12/h17-18H,13-16H2,1-12H3/t17-,18-/m1/s1. The zero-order valence-corrected chi connectivity index (χ0v) is 22.2. The van der Waals surface area contributed by atoms with Crippen LogP contribution in [0.3, 0.4) is 0 Å². The highest BCUT2D eigenvalue weighted by Crippen LogP contribution is 2.58. The summed E-state index contributed by atoms with van der Waals surface area (Å²) in [6.45, 7) is 0. The fourth-order valence-corrected chi connectivity index (χ4v) is 11.4. The molecule has 1 aliphatic rings. The van der Waals surface area contributed by atoms with Crippen molar-refractivity contribution in [2.24, 2.45) is 9.49 Å². The Morgan fingerprint density at radius 2 is 0.679 bits per heavy atom. The molecule has 0 bridgehead atoms. The summed E-state index contributed by atoms with van der Waals surface area (Å²) in [7, 11) is 22.0. The molecule has 0 N–H and O–H groups in total. The minimum absolute atomic E-state index is 0.258. The molecule has 2 atom stereocenters. The van der Waals surface area contributed by atoms with Gasteiger partial charge in [-0.25, -0.2) is 0 Å². The van der Waals surface area contributed by atoms with Gasteiger partial charge in [0, 0.05) is 0 Å². The fourth-order valence-electron chi connectivity index (χ4n) is 4.53. The van der Waals surface area contributed by atoms with Crippen LogP contribution in [0.1, 0.15) is 25.7 Å². The van der Waals surface area contributed by atoms with Gasteiger partial charge in [0.15, 0.2) is 15.0 Å². The molecule has 0 amide bonds. The maximum atomic E-state index is 5.57. The van der Waals surface area contributed by atoms with E-state index in [4.69, 9.17) is 9.49 Å². The largest absolute Gasteiger partial charge is 0.255 e. The van der Waals surface area contributed by atoms with Gasteiger partial charge < -0.3 is 0 Å². The summed E-state index contributed by atoms with van der Waals surface area (Å²) < 4.78 is 25.0. The van der Waals surface area contributed by atoms with Crippen LogP contribution in [0, 0.1) is 0 Å². The molecule has 0 aliphatic heterocycles. The Balaban J connectivity index is 3.62. The van der Waals surface area contributed by atoms with Gasteiger partial charge in [-0.2, -0.15) is 0 Å². The zero-order valence-electron chi connectivity index (χ0n) is 20.5. The van der Waals surface area contributed by atoms with E-state index in [0.717, 1.165) is 12.8 Å². The monoisotopic (exact) mass is 436 g/mol. The highest BCUT2D eigenvalue weighted by Gasteiger charge is 2.36. The summed E-state index contributed by atoms with van der Waals surface area (Å²) in [6.07, 6.45) is 4.73. The molecule has 0 aromatic heterocycles. The normalized spacial score (nSPS) is 22.2. The number of hydrogen-bond donors (Lipinski definition) is 0. The lowest BCUT2D eigenvalue weighted by molar-refractivity contribution is 0.371. The van der Waals surface area contributed by atoms with Gasteiger partial charge in [-0.1, -0.05) is 12.8 Å². The van der Waals surface area contributed by atoms with Gasteiger partial charge in [0.05, 0.1) is 12.1 Å². The molecule has 8 nitrogen and oxygen atoms in total. The van der Waals surface area contributed by atoms with Crippen LogP contribution in [-0.4, -0.2) is 125 Å². The van der Waals surface area contributed by atoms with Crippen molar-refractivity contribution in [2.75, 3.05) is 84.6 Å². The van der Waals surface area contributed by atoms with Gasteiger partial charge >= 0.3 is 0 Å². The fraction of sp³-hybridized carbons (Fsp3) is 1.00. The molecular formula is C18H46N8P2. The van der Waals surface area contributed by atoms with E-state index in [1.54, 1.807) is 0 Å². The van der Waals surface area contributed by atoms with E-state index in [2.05, 4.69) is 113 Å². The molecule has 1 rings (SSSR count). The Kier molecular flexibility index (Phi) is 9.84. The van der Waals surface area contributed by atoms with Gasteiger partial charge in [0.2, 0.25) is 0 Å². The van der Waals surface area contributed by atoms with Crippen molar-refractivity contribution in [2.45, 2.75) is 37.8 Å². The molecule has 1 fully saturated rings. The van der Waals surface area contributed by atoms with Crippen LogP contribution in [0.4, 0.5) is 0 Å². The minimum Gasteiger partial charge on any atom is -0.255 e. The summed E-state index contributed by atoms with van der Waals surface area (Å²) in [5.41, 5.74) is 0. The average Bonchev–Trinajstić information content (AvgIpc) is 2.56. The molecule has 0 saturated heterocycles. The van der Waals surface area contributed by atoms with E-state index in [9.17, 15) is 0 Å². The lowest BCUT2D eigenvalue weighted by atomic mass is 9.92. The molecule has 0 aromatic rings. The third-order valence-corrected chi connectivity index (χ3v) is 13.2. The first-order chi connectivity index (χ1) is 12.8. The summed E-state index contributed by atoms with van der Waals surface area (Å²) in [5.74, 6) is 0. The minimum atomic E-state index is -1.92. The van der Waals surface area contributed by atoms with Crippen LogP contribution < -0.4 is 0 Å². The van der Waals surface area contributed by atoms with Crippen molar-refractivity contribution >= 4 is 15.0 Å². The van der Waals surface area contributed by atoms with Crippen molar-refractivity contribution in [3.63, 3.8) is 0 Å². The second kappa shape index (κ2) is 10.5. The summed E-state index contributed by atoms with van der Waals surface area (Å²) >= 11 is 0. The molecule has 0 spiro atoms. The summed E-state index contributed by atoms with van der Waals surface area (Å²) in [5, 5.41) is 0. The van der Waals surface area contributed by atoms with E-state index in [1.807, 2.05) is 0 Å². The van der Waals surface area contributed by atoms with E-state index in [0.29, 0.717) is 0 Å². The quantitative estimate of drug-likeness (QED) is 0.542. The second-order valence-corrected chi connectivity index (χ2v) is 16.2. The highest BCUT2D eigenvalue weighted by molar-refractivity contribution is 7.59. The van der Waals surface area contributed by atoms with Crippen LogP contribution in [0.5, 0.6) is 0 Å². The van der Waals surface area contributed by atoms with Gasteiger partial charge in [0.25, 0.3) is 0 Å². The average molecular weight is 437 g/mol. The molecule has 0 radical (unpaired) electrons.